The molecule has 2 heterocycles. The largest absolute Gasteiger partial charge is 0.493 e. The van der Waals surface area contributed by atoms with Crippen LogP contribution in [-0.4, -0.2) is 56.9 Å². The number of hydrogen-bond donors (Lipinski definition) is 1. The van der Waals surface area contributed by atoms with Gasteiger partial charge in [0, 0.05) is 25.6 Å². The zero-order valence-corrected chi connectivity index (χ0v) is 16.5. The van der Waals surface area contributed by atoms with Crippen LogP contribution in [0.3, 0.4) is 0 Å². The van der Waals surface area contributed by atoms with E-state index in [0.29, 0.717) is 13.2 Å². The quantitative estimate of drug-likeness (QED) is 0.756. The van der Waals surface area contributed by atoms with Crippen molar-refractivity contribution in [3.63, 3.8) is 0 Å². The molecule has 0 saturated carbocycles. The Labute approximate surface area is 162 Å². The van der Waals surface area contributed by atoms with E-state index in [1.165, 1.54) is 5.56 Å². The first-order chi connectivity index (χ1) is 13.2. The number of carbonyl (C=O) groups is 1. The Balaban J connectivity index is 1.44. The van der Waals surface area contributed by atoms with Gasteiger partial charge in [-0.1, -0.05) is 6.07 Å². The van der Waals surface area contributed by atoms with Crippen molar-refractivity contribution in [2.75, 3.05) is 40.0 Å². The number of likely N-dealkylation sites (tertiary alicyclic amines) is 1. The minimum atomic E-state index is 0.123. The molecule has 6 heteroatoms. The Morgan fingerprint density at radius 3 is 2.74 bits per heavy atom. The van der Waals surface area contributed by atoms with Gasteiger partial charge in [0.1, 0.15) is 0 Å². The molecular weight excluding hydrogens is 344 g/mol. The molecule has 0 aromatic heterocycles. The fraction of sp³-hybridized carbons (Fsp3) is 0.667. The predicted molar refractivity (Wildman–Crippen MR) is 104 cm³/mol. The normalized spacial score (nSPS) is 21.2. The molecule has 2 fully saturated rings. The average molecular weight is 376 g/mol. The number of ether oxygens (including phenoxy) is 3. The van der Waals surface area contributed by atoms with Gasteiger partial charge in [0.25, 0.3) is 0 Å². The topological polar surface area (TPSA) is 60.0 Å². The van der Waals surface area contributed by atoms with Crippen LogP contribution in [0.25, 0.3) is 0 Å². The number of nitrogens with zero attached hydrogens (tertiary/aromatic N) is 1. The Kier molecular flexibility index (Phi) is 7.35. The van der Waals surface area contributed by atoms with Crippen molar-refractivity contribution in [1.82, 2.24) is 10.2 Å². The lowest BCUT2D eigenvalue weighted by atomic mass is 9.95. The molecule has 0 spiro atoms. The zero-order valence-electron chi connectivity index (χ0n) is 16.5. The number of methoxy groups -OCH3 is 1. The number of benzene rings is 1. The first-order valence-corrected chi connectivity index (χ1v) is 10.1. The summed E-state index contributed by atoms with van der Waals surface area (Å²) in [6.07, 6.45) is 4.19. The monoisotopic (exact) mass is 376 g/mol. The van der Waals surface area contributed by atoms with Gasteiger partial charge in [0.05, 0.1) is 19.8 Å². The summed E-state index contributed by atoms with van der Waals surface area (Å²) in [5.41, 5.74) is 1.21. The highest BCUT2D eigenvalue weighted by Crippen LogP contribution is 2.29. The minimum absolute atomic E-state index is 0.123. The molecule has 3 rings (SSSR count). The average Bonchev–Trinajstić information content (AvgIpc) is 3.21. The lowest BCUT2D eigenvalue weighted by Crippen LogP contribution is -2.42. The highest BCUT2D eigenvalue weighted by atomic mass is 16.5. The van der Waals surface area contributed by atoms with E-state index < -0.39 is 0 Å². The van der Waals surface area contributed by atoms with Gasteiger partial charge in [-0.3, -0.25) is 9.69 Å². The molecule has 6 nitrogen and oxygen atoms in total. The van der Waals surface area contributed by atoms with Gasteiger partial charge in [0.2, 0.25) is 5.91 Å². The van der Waals surface area contributed by atoms with Crippen LogP contribution >= 0.6 is 0 Å². The van der Waals surface area contributed by atoms with Crippen molar-refractivity contribution in [3.8, 4) is 11.5 Å². The molecule has 1 amide bonds. The second-order valence-corrected chi connectivity index (χ2v) is 7.35. The summed E-state index contributed by atoms with van der Waals surface area (Å²) in [5.74, 6) is 1.87. The zero-order chi connectivity index (χ0) is 19.1. The Morgan fingerprint density at radius 2 is 2.07 bits per heavy atom. The maximum Gasteiger partial charge on any atom is 0.223 e. The second-order valence-electron chi connectivity index (χ2n) is 7.35. The summed E-state index contributed by atoms with van der Waals surface area (Å²) < 4.78 is 16.6. The highest BCUT2D eigenvalue weighted by Gasteiger charge is 2.26. The molecule has 150 valence electrons. The smallest absolute Gasteiger partial charge is 0.223 e. The summed E-state index contributed by atoms with van der Waals surface area (Å²) in [5, 5.41) is 3.08. The second kappa shape index (κ2) is 9.95. The van der Waals surface area contributed by atoms with Gasteiger partial charge >= 0.3 is 0 Å². The maximum absolute atomic E-state index is 12.4. The van der Waals surface area contributed by atoms with Gasteiger partial charge < -0.3 is 19.5 Å². The van der Waals surface area contributed by atoms with Crippen LogP contribution in [-0.2, 0) is 16.1 Å². The maximum atomic E-state index is 12.4. The Bertz CT molecular complexity index is 608. The molecule has 1 atom stereocenters. The summed E-state index contributed by atoms with van der Waals surface area (Å²) >= 11 is 0. The van der Waals surface area contributed by atoms with Crippen LogP contribution in [0.2, 0.25) is 0 Å². The van der Waals surface area contributed by atoms with Crippen molar-refractivity contribution in [2.24, 2.45) is 5.92 Å². The molecule has 0 bridgehead atoms. The van der Waals surface area contributed by atoms with E-state index in [9.17, 15) is 4.79 Å². The van der Waals surface area contributed by atoms with Crippen LogP contribution in [0.1, 0.15) is 38.2 Å². The fourth-order valence-electron chi connectivity index (χ4n) is 3.86. The van der Waals surface area contributed by atoms with Crippen LogP contribution < -0.4 is 14.8 Å². The van der Waals surface area contributed by atoms with Gasteiger partial charge in [0.15, 0.2) is 11.5 Å². The molecule has 2 aliphatic rings. The number of carbonyl (C=O) groups excluding carboxylic acids is 1. The number of piperidine rings is 1. The molecule has 1 aromatic carbocycles. The van der Waals surface area contributed by atoms with Crippen LogP contribution in [0.15, 0.2) is 18.2 Å². The lowest BCUT2D eigenvalue weighted by molar-refractivity contribution is -0.127. The van der Waals surface area contributed by atoms with E-state index >= 15 is 0 Å². The molecule has 2 aliphatic heterocycles. The molecule has 1 N–H and O–H groups in total. The van der Waals surface area contributed by atoms with Gasteiger partial charge in [-0.2, -0.15) is 0 Å². The lowest BCUT2D eigenvalue weighted by Gasteiger charge is -2.31. The minimum Gasteiger partial charge on any atom is -0.493 e. The van der Waals surface area contributed by atoms with Gasteiger partial charge in [-0.25, -0.2) is 0 Å². The van der Waals surface area contributed by atoms with Crippen molar-refractivity contribution in [3.05, 3.63) is 23.8 Å². The van der Waals surface area contributed by atoms with Crippen LogP contribution in [0.4, 0.5) is 0 Å². The van der Waals surface area contributed by atoms with Crippen LogP contribution in [0, 0.1) is 5.92 Å². The third kappa shape index (κ3) is 5.59. The molecule has 1 unspecified atom stereocenters. The summed E-state index contributed by atoms with van der Waals surface area (Å²) in [7, 11) is 1.67. The van der Waals surface area contributed by atoms with E-state index in [1.54, 1.807) is 7.11 Å². The summed E-state index contributed by atoms with van der Waals surface area (Å²) in [6.45, 7) is 6.82. The Morgan fingerprint density at radius 1 is 1.26 bits per heavy atom. The number of rotatable bonds is 8. The number of nitrogens with one attached hydrogen (secondary N) is 1. The standard InChI is InChI=1S/C21H32N2O4/c1-3-26-19-7-6-16(13-20(19)25-2)15-23-10-8-17(9-11-23)21(24)22-14-18-5-4-12-27-18/h6-7,13,17-18H,3-5,8-12,14-15H2,1-2H3,(H,22,24). The first-order valence-electron chi connectivity index (χ1n) is 10.1. The molecule has 27 heavy (non-hydrogen) atoms. The Hall–Kier alpha value is -1.79. The number of amides is 1. The van der Waals surface area contributed by atoms with E-state index in [1.807, 2.05) is 19.1 Å². The van der Waals surface area contributed by atoms with Crippen LogP contribution in [0.5, 0.6) is 11.5 Å². The van der Waals surface area contributed by atoms with Gasteiger partial charge in [-0.15, -0.1) is 0 Å². The third-order valence-electron chi connectivity index (χ3n) is 5.42. The number of hydrogen-bond acceptors (Lipinski definition) is 5. The van der Waals surface area contributed by atoms with E-state index in [4.69, 9.17) is 14.2 Å². The van der Waals surface area contributed by atoms with Crippen molar-refractivity contribution >= 4 is 5.91 Å². The van der Waals surface area contributed by atoms with E-state index in [2.05, 4.69) is 16.3 Å². The molecular formula is C21H32N2O4. The predicted octanol–water partition coefficient (Wildman–Crippen LogP) is 2.60. The van der Waals surface area contributed by atoms with Gasteiger partial charge in [-0.05, 0) is 63.4 Å². The van der Waals surface area contributed by atoms with Crippen molar-refractivity contribution in [1.29, 1.82) is 0 Å². The molecule has 2 saturated heterocycles. The summed E-state index contributed by atoms with van der Waals surface area (Å²) in [6, 6.07) is 6.11. The van der Waals surface area contributed by atoms with E-state index in [0.717, 1.165) is 63.4 Å². The molecule has 1 aromatic rings. The SMILES string of the molecule is CCOc1ccc(CN2CCC(C(=O)NCC3CCCO3)CC2)cc1OC. The highest BCUT2D eigenvalue weighted by molar-refractivity contribution is 5.78. The van der Waals surface area contributed by atoms with Crippen molar-refractivity contribution < 1.29 is 19.0 Å². The summed E-state index contributed by atoms with van der Waals surface area (Å²) in [4.78, 5) is 14.8. The fourth-order valence-corrected chi connectivity index (χ4v) is 3.86. The van der Waals surface area contributed by atoms with E-state index in [-0.39, 0.29) is 17.9 Å². The molecule has 0 radical (unpaired) electrons. The molecule has 0 aliphatic carbocycles. The van der Waals surface area contributed by atoms with Crippen molar-refractivity contribution in [2.45, 2.75) is 45.3 Å². The first kappa shape index (κ1) is 20.0. The third-order valence-corrected chi connectivity index (χ3v) is 5.42.